The van der Waals surface area contributed by atoms with E-state index < -0.39 is 35.3 Å². The van der Waals surface area contributed by atoms with Crippen molar-refractivity contribution in [2.24, 2.45) is 0 Å². The van der Waals surface area contributed by atoms with Crippen LogP contribution in [-0.4, -0.2) is 70.7 Å². The molecule has 57 heavy (non-hydrogen) atoms. The van der Waals surface area contributed by atoms with Gasteiger partial charge in [-0.1, -0.05) is 45.0 Å². The second-order valence-electron chi connectivity index (χ2n) is 16.1. The Kier molecular flexibility index (Phi) is 14.6. The number of aryl methyl sites for hydroxylation is 1. The highest BCUT2D eigenvalue weighted by molar-refractivity contribution is 8.00. The normalized spacial score (nSPS) is 12.2. The zero-order chi connectivity index (χ0) is 42.2. The van der Waals surface area contributed by atoms with E-state index in [2.05, 4.69) is 29.5 Å². The maximum atomic E-state index is 15.3. The number of nitrogens with one attached hydrogen (secondary N) is 2. The fourth-order valence-corrected chi connectivity index (χ4v) is 6.66. The first-order valence-corrected chi connectivity index (χ1v) is 19.6. The van der Waals surface area contributed by atoms with E-state index >= 15 is 4.39 Å². The molecule has 0 aliphatic carbocycles. The van der Waals surface area contributed by atoms with Crippen LogP contribution in [0.5, 0.6) is 0 Å². The molecule has 0 fully saturated rings. The van der Waals surface area contributed by atoms with Crippen LogP contribution in [0.25, 0.3) is 10.8 Å². The largest absolute Gasteiger partial charge is 0.449 e. The lowest BCUT2D eigenvalue weighted by Gasteiger charge is -2.28. The Balaban J connectivity index is 1.48. The molecule has 14 heteroatoms. The number of rotatable bonds is 12. The minimum Gasteiger partial charge on any atom is -0.449 e. The average Bonchev–Trinajstić information content (AvgIpc) is 3.10. The van der Waals surface area contributed by atoms with Crippen molar-refractivity contribution in [2.75, 3.05) is 35.7 Å². The van der Waals surface area contributed by atoms with Crippen LogP contribution in [0.15, 0.2) is 71.8 Å². The van der Waals surface area contributed by atoms with E-state index in [0.717, 1.165) is 27.8 Å². The molecule has 306 valence electrons. The minimum atomic E-state index is -1.03. The second-order valence-corrected chi connectivity index (χ2v) is 17.7. The van der Waals surface area contributed by atoms with E-state index in [1.807, 2.05) is 56.3 Å². The van der Waals surface area contributed by atoms with Crippen molar-refractivity contribution in [2.45, 2.75) is 103 Å². The van der Waals surface area contributed by atoms with Gasteiger partial charge in [0.05, 0.1) is 19.3 Å². The number of fused-ring (bicyclic) bond motifs is 1. The highest BCUT2D eigenvalue weighted by Crippen LogP contribution is 2.32. The number of imide groups is 1. The third-order valence-electron chi connectivity index (χ3n) is 8.31. The predicted octanol–water partition coefficient (Wildman–Crippen LogP) is 10.3. The van der Waals surface area contributed by atoms with Crippen molar-refractivity contribution in [3.63, 3.8) is 0 Å². The fourth-order valence-electron chi connectivity index (χ4n) is 5.73. The lowest BCUT2D eigenvalue weighted by Crippen LogP contribution is -2.44. The summed E-state index contributed by atoms with van der Waals surface area (Å²) in [4.78, 5) is 60.1. The molecular formula is C43H54FN5O7S. The van der Waals surface area contributed by atoms with Gasteiger partial charge >= 0.3 is 18.3 Å². The van der Waals surface area contributed by atoms with Crippen molar-refractivity contribution in [1.82, 2.24) is 9.88 Å². The average molecular weight is 804 g/mol. The number of aromatic nitrogens is 1. The van der Waals surface area contributed by atoms with Crippen LogP contribution < -0.4 is 15.5 Å². The number of hydrogen-bond acceptors (Lipinski definition) is 10. The number of nitrogens with zero attached hydrogens (tertiary/aromatic N) is 3. The van der Waals surface area contributed by atoms with E-state index in [1.54, 1.807) is 71.3 Å². The summed E-state index contributed by atoms with van der Waals surface area (Å²) in [7, 11) is 1.68. The molecule has 3 aromatic carbocycles. The Morgan fingerprint density at radius 1 is 0.860 bits per heavy atom. The standard InChI is InChI=1S/C43H54FN5O7S/c1-26(2)57-36-19-17-31(47-39(51)54-25-28(4)32-15-13-12-14-27(32)3)20-29(36)24-48(11)37(50)23-45-30-16-18-33-34(21-30)35(44)22-46-38(33)49(40(52)55-42(5,6)7)41(53)56-43(8,9)10/h12-22,26,28,45H,23-25H2,1-11H3,(H,47,51). The molecule has 0 bridgehead atoms. The lowest BCUT2D eigenvalue weighted by molar-refractivity contribution is -0.128. The first-order valence-electron chi connectivity index (χ1n) is 18.7. The van der Waals surface area contributed by atoms with Crippen molar-refractivity contribution < 1.29 is 37.8 Å². The molecule has 1 atom stereocenters. The fraction of sp³-hybridized carbons (Fsp3) is 0.419. The van der Waals surface area contributed by atoms with Gasteiger partial charge in [-0.2, -0.15) is 4.90 Å². The van der Waals surface area contributed by atoms with E-state index in [-0.39, 0.29) is 53.4 Å². The Labute approximate surface area is 338 Å². The molecule has 4 aromatic rings. The summed E-state index contributed by atoms with van der Waals surface area (Å²) in [6.07, 6.45) is -1.74. The van der Waals surface area contributed by atoms with Gasteiger partial charge in [0.15, 0.2) is 5.82 Å². The van der Waals surface area contributed by atoms with Gasteiger partial charge < -0.3 is 24.4 Å². The first-order chi connectivity index (χ1) is 26.6. The lowest BCUT2D eigenvalue weighted by atomic mass is 9.97. The number of carbonyl (C=O) groups excluding carboxylic acids is 4. The Morgan fingerprint density at radius 2 is 1.49 bits per heavy atom. The summed E-state index contributed by atoms with van der Waals surface area (Å²) in [5, 5.41) is 6.34. The van der Waals surface area contributed by atoms with Crippen LogP contribution in [-0.2, 0) is 25.5 Å². The van der Waals surface area contributed by atoms with Gasteiger partial charge in [0.2, 0.25) is 5.91 Å². The predicted molar refractivity (Wildman–Crippen MR) is 224 cm³/mol. The number of amides is 4. The molecule has 0 aliphatic rings. The molecule has 0 spiro atoms. The number of pyridine rings is 1. The van der Waals surface area contributed by atoms with Gasteiger partial charge in [-0.15, -0.1) is 11.8 Å². The van der Waals surface area contributed by atoms with E-state index in [4.69, 9.17) is 14.2 Å². The molecule has 1 unspecified atom stereocenters. The van der Waals surface area contributed by atoms with Crippen LogP contribution in [0.4, 0.5) is 36.0 Å². The number of ether oxygens (including phenoxy) is 3. The highest BCUT2D eigenvalue weighted by atomic mass is 32.2. The van der Waals surface area contributed by atoms with Crippen molar-refractivity contribution >= 4 is 63.9 Å². The molecule has 1 heterocycles. The van der Waals surface area contributed by atoms with Crippen molar-refractivity contribution in [3.8, 4) is 0 Å². The summed E-state index contributed by atoms with van der Waals surface area (Å²) in [5.74, 6) is -1.11. The van der Waals surface area contributed by atoms with Crippen molar-refractivity contribution in [1.29, 1.82) is 0 Å². The third-order valence-corrected chi connectivity index (χ3v) is 9.44. The zero-order valence-corrected chi connectivity index (χ0v) is 35.4. The Morgan fingerprint density at radius 3 is 2.11 bits per heavy atom. The van der Waals surface area contributed by atoms with Crippen LogP contribution in [0.3, 0.4) is 0 Å². The second kappa shape index (κ2) is 18.7. The summed E-state index contributed by atoms with van der Waals surface area (Å²) < 4.78 is 31.8. The van der Waals surface area contributed by atoms with Crippen LogP contribution in [0.2, 0.25) is 0 Å². The SMILES string of the molecule is Cc1ccccc1C(C)COC(=O)Nc1ccc(SC(C)C)c(CN(C)C(=O)CNc2ccc3c(N(C(=O)OC(C)(C)C)C(=O)OC(C)(C)C)ncc(F)c3c2)c1. The molecule has 1 aromatic heterocycles. The van der Waals surface area contributed by atoms with Gasteiger partial charge in [0.25, 0.3) is 0 Å². The molecule has 12 nitrogen and oxygen atoms in total. The highest BCUT2D eigenvalue weighted by Gasteiger charge is 2.35. The minimum absolute atomic E-state index is 0.0207. The molecule has 0 aliphatic heterocycles. The van der Waals surface area contributed by atoms with Gasteiger partial charge in [0, 0.05) is 51.8 Å². The summed E-state index contributed by atoms with van der Waals surface area (Å²) in [6, 6.07) is 18.1. The summed E-state index contributed by atoms with van der Waals surface area (Å²) in [5.41, 5.74) is 2.14. The summed E-state index contributed by atoms with van der Waals surface area (Å²) in [6.45, 7) is 18.4. The van der Waals surface area contributed by atoms with Gasteiger partial charge in [-0.25, -0.2) is 23.8 Å². The van der Waals surface area contributed by atoms with Crippen LogP contribution >= 0.6 is 11.8 Å². The first kappa shape index (κ1) is 44.3. The zero-order valence-electron chi connectivity index (χ0n) is 34.6. The van der Waals surface area contributed by atoms with E-state index in [1.165, 1.54) is 12.1 Å². The van der Waals surface area contributed by atoms with Crippen molar-refractivity contribution in [3.05, 3.63) is 89.4 Å². The Hall–Kier alpha value is -5.37. The number of thioether (sulfide) groups is 1. The molecule has 0 saturated heterocycles. The maximum Gasteiger partial charge on any atom is 0.425 e. The smallest absolute Gasteiger partial charge is 0.425 e. The molecule has 2 N–H and O–H groups in total. The molecule has 0 saturated carbocycles. The monoisotopic (exact) mass is 803 g/mol. The number of carbonyl (C=O) groups is 4. The van der Waals surface area contributed by atoms with Gasteiger partial charge in [-0.05, 0) is 102 Å². The third kappa shape index (κ3) is 12.8. The van der Waals surface area contributed by atoms with Gasteiger partial charge in [0.1, 0.15) is 17.0 Å². The molecular weight excluding hydrogens is 750 g/mol. The topological polar surface area (TPSA) is 139 Å². The molecule has 0 radical (unpaired) electrons. The quantitative estimate of drug-likeness (QED) is 0.105. The number of hydrogen-bond donors (Lipinski definition) is 2. The number of likely N-dealkylation sites (N-methyl/N-ethyl adjacent to an activating group) is 1. The number of halogens is 1. The van der Waals surface area contributed by atoms with Crippen LogP contribution in [0.1, 0.15) is 84.9 Å². The van der Waals surface area contributed by atoms with Crippen LogP contribution in [0, 0.1) is 12.7 Å². The maximum absolute atomic E-state index is 15.3. The van der Waals surface area contributed by atoms with E-state index in [9.17, 15) is 19.2 Å². The number of benzene rings is 3. The summed E-state index contributed by atoms with van der Waals surface area (Å²) >= 11 is 1.64. The molecule has 4 rings (SSSR count). The van der Waals surface area contributed by atoms with E-state index in [0.29, 0.717) is 16.3 Å². The molecule has 4 amide bonds. The number of anilines is 3. The Bertz CT molecular complexity index is 2070. The van der Waals surface area contributed by atoms with Gasteiger partial charge in [-0.3, -0.25) is 10.1 Å².